The van der Waals surface area contributed by atoms with Crippen molar-refractivity contribution in [1.29, 1.82) is 0 Å². The van der Waals surface area contributed by atoms with Gasteiger partial charge in [-0.2, -0.15) is 0 Å². The van der Waals surface area contributed by atoms with E-state index in [1.165, 1.54) is 0 Å². The van der Waals surface area contributed by atoms with Crippen LogP contribution in [0.1, 0.15) is 29.2 Å². The molecule has 2 aromatic carbocycles. The normalized spacial score (nSPS) is 14.8. The van der Waals surface area contributed by atoms with Crippen LogP contribution in [0, 0.1) is 0 Å². The van der Waals surface area contributed by atoms with E-state index < -0.39 is 18.3 Å². The number of hydrogen-bond acceptors (Lipinski definition) is 5. The third-order valence-corrected chi connectivity index (χ3v) is 4.40. The first-order chi connectivity index (χ1) is 13.0. The predicted octanol–water partition coefficient (Wildman–Crippen LogP) is 1.89. The highest BCUT2D eigenvalue weighted by molar-refractivity contribution is 6.00. The number of carbonyl (C=O) groups excluding carboxylic acids is 2. The van der Waals surface area contributed by atoms with Crippen LogP contribution in [0.4, 0.5) is 10.5 Å². The number of fused-ring (bicyclic) bond motifs is 1. The van der Waals surface area contributed by atoms with Crippen molar-refractivity contribution in [2.24, 2.45) is 0 Å². The molecule has 0 aliphatic carbocycles. The molecule has 7 heteroatoms. The number of nitrogens with one attached hydrogen (secondary N) is 2. The Kier molecular flexibility index (Phi) is 6.05. The highest BCUT2D eigenvalue weighted by atomic mass is 16.5. The van der Waals surface area contributed by atoms with Gasteiger partial charge in [0.15, 0.2) is 0 Å². The number of benzene rings is 2. The summed E-state index contributed by atoms with van der Waals surface area (Å²) in [7, 11) is 0. The molecule has 0 fully saturated rings. The minimum Gasteiger partial charge on any atom is -0.445 e. The van der Waals surface area contributed by atoms with E-state index in [2.05, 4.69) is 10.6 Å². The first-order valence-corrected chi connectivity index (χ1v) is 8.77. The zero-order valence-electron chi connectivity index (χ0n) is 14.7. The second-order valence-corrected chi connectivity index (χ2v) is 6.40. The Morgan fingerprint density at radius 3 is 2.70 bits per heavy atom. The van der Waals surface area contributed by atoms with Crippen LogP contribution in [-0.4, -0.2) is 34.9 Å². The second kappa shape index (κ2) is 8.66. The predicted molar refractivity (Wildman–Crippen MR) is 99.0 cm³/mol. The smallest absolute Gasteiger partial charge is 0.407 e. The van der Waals surface area contributed by atoms with Gasteiger partial charge >= 0.3 is 6.09 Å². The van der Waals surface area contributed by atoms with E-state index in [-0.39, 0.29) is 31.9 Å². The lowest BCUT2D eigenvalue weighted by Gasteiger charge is -2.20. The third-order valence-electron chi connectivity index (χ3n) is 4.40. The zero-order valence-corrected chi connectivity index (χ0v) is 14.7. The molecule has 0 saturated heterocycles. The van der Waals surface area contributed by atoms with Crippen molar-refractivity contribution >= 4 is 17.7 Å². The monoisotopic (exact) mass is 370 g/mol. The summed E-state index contributed by atoms with van der Waals surface area (Å²) in [5, 5.41) is 25.9. The first kappa shape index (κ1) is 18.9. The largest absolute Gasteiger partial charge is 0.445 e. The maximum Gasteiger partial charge on any atom is 0.407 e. The minimum absolute atomic E-state index is 0.137. The van der Waals surface area contributed by atoms with Crippen molar-refractivity contribution < 1.29 is 24.5 Å². The molecule has 0 spiro atoms. The molecule has 27 heavy (non-hydrogen) atoms. The Hall–Kier alpha value is -2.90. The zero-order chi connectivity index (χ0) is 19.2. The van der Waals surface area contributed by atoms with Crippen molar-refractivity contribution in [2.75, 3.05) is 11.9 Å². The van der Waals surface area contributed by atoms with Crippen LogP contribution in [0.5, 0.6) is 0 Å². The standard InChI is InChI=1S/C20H22N2O5/c23-16(9-10-21-20(26)27-12-13-5-2-1-3-6-13)19(25)15-8-4-7-14-11-17(24)22-18(14)15/h1-8,16,19,23,25H,9-12H2,(H,21,26)(H,22,24). The highest BCUT2D eigenvalue weighted by Gasteiger charge is 2.27. The number of rotatable bonds is 7. The third kappa shape index (κ3) is 4.84. The molecule has 4 N–H and O–H groups in total. The molecular formula is C20H22N2O5. The van der Waals surface area contributed by atoms with Crippen LogP contribution in [0.3, 0.4) is 0 Å². The SMILES string of the molecule is O=C1Cc2cccc(C(O)C(O)CCNC(=O)OCc3ccccc3)c2N1. The molecule has 0 radical (unpaired) electrons. The Bertz CT molecular complexity index is 809. The quantitative estimate of drug-likeness (QED) is 0.595. The number of para-hydroxylation sites is 1. The summed E-state index contributed by atoms with van der Waals surface area (Å²) in [6.45, 7) is 0.306. The van der Waals surface area contributed by atoms with Gasteiger partial charge in [0.1, 0.15) is 12.7 Å². The number of aliphatic hydroxyl groups excluding tert-OH is 2. The van der Waals surface area contributed by atoms with Crippen molar-refractivity contribution in [2.45, 2.75) is 31.7 Å². The van der Waals surface area contributed by atoms with E-state index in [9.17, 15) is 19.8 Å². The molecule has 1 aliphatic heterocycles. The fraction of sp³-hybridized carbons (Fsp3) is 0.300. The Morgan fingerprint density at radius 1 is 1.15 bits per heavy atom. The maximum atomic E-state index is 11.7. The van der Waals surface area contributed by atoms with Gasteiger partial charge in [-0.3, -0.25) is 4.79 Å². The second-order valence-electron chi connectivity index (χ2n) is 6.40. The molecule has 0 aromatic heterocycles. The van der Waals surface area contributed by atoms with Crippen LogP contribution >= 0.6 is 0 Å². The van der Waals surface area contributed by atoms with Crippen molar-refractivity contribution in [1.82, 2.24) is 5.32 Å². The summed E-state index contributed by atoms with van der Waals surface area (Å²) in [6.07, 6.45) is -2.45. The molecule has 2 unspecified atom stereocenters. The molecule has 3 rings (SSSR count). The van der Waals surface area contributed by atoms with Gasteiger partial charge in [-0.1, -0.05) is 48.5 Å². The molecule has 2 aromatic rings. The van der Waals surface area contributed by atoms with E-state index in [1.807, 2.05) is 30.3 Å². The highest BCUT2D eigenvalue weighted by Crippen LogP contribution is 2.33. The van der Waals surface area contributed by atoms with Gasteiger partial charge < -0.3 is 25.6 Å². The Morgan fingerprint density at radius 2 is 1.93 bits per heavy atom. The van der Waals surface area contributed by atoms with Gasteiger partial charge in [-0.25, -0.2) is 4.79 Å². The molecule has 1 aliphatic rings. The molecule has 0 saturated carbocycles. The summed E-state index contributed by atoms with van der Waals surface area (Å²) in [5.41, 5.74) is 2.70. The minimum atomic E-state index is -1.17. The average Bonchev–Trinajstić information content (AvgIpc) is 3.06. The van der Waals surface area contributed by atoms with Crippen molar-refractivity contribution in [3.05, 3.63) is 65.2 Å². The molecule has 1 heterocycles. The number of hydrogen-bond donors (Lipinski definition) is 4. The van der Waals surface area contributed by atoms with Gasteiger partial charge in [-0.05, 0) is 17.5 Å². The van der Waals surface area contributed by atoms with Gasteiger partial charge in [0.25, 0.3) is 0 Å². The fourth-order valence-electron chi connectivity index (χ4n) is 2.98. The lowest BCUT2D eigenvalue weighted by molar-refractivity contribution is -0.115. The van der Waals surface area contributed by atoms with Crippen LogP contribution in [0.2, 0.25) is 0 Å². The summed E-state index contributed by atoms with van der Waals surface area (Å²) >= 11 is 0. The topological polar surface area (TPSA) is 108 Å². The number of aliphatic hydroxyl groups is 2. The van der Waals surface area contributed by atoms with Gasteiger partial charge in [0.2, 0.25) is 5.91 Å². The first-order valence-electron chi connectivity index (χ1n) is 8.77. The van der Waals surface area contributed by atoms with E-state index in [1.54, 1.807) is 18.2 Å². The molecule has 2 atom stereocenters. The van der Waals surface area contributed by atoms with Crippen LogP contribution in [-0.2, 0) is 22.6 Å². The Labute approximate surface area is 157 Å². The summed E-state index contributed by atoms with van der Waals surface area (Å²) < 4.78 is 5.09. The summed E-state index contributed by atoms with van der Waals surface area (Å²) in [6, 6.07) is 14.5. The van der Waals surface area contributed by atoms with Gasteiger partial charge in [0, 0.05) is 12.1 Å². The van der Waals surface area contributed by atoms with Gasteiger partial charge in [-0.15, -0.1) is 0 Å². The van der Waals surface area contributed by atoms with Gasteiger partial charge in [0.05, 0.1) is 18.2 Å². The molecular weight excluding hydrogens is 348 g/mol. The number of ether oxygens (including phenoxy) is 1. The number of anilines is 1. The average molecular weight is 370 g/mol. The van der Waals surface area contributed by atoms with Crippen molar-refractivity contribution in [3.63, 3.8) is 0 Å². The summed E-state index contributed by atoms with van der Waals surface area (Å²) in [4.78, 5) is 23.2. The fourth-order valence-corrected chi connectivity index (χ4v) is 2.98. The maximum absolute atomic E-state index is 11.7. The lowest BCUT2D eigenvalue weighted by atomic mass is 9.98. The van der Waals surface area contributed by atoms with E-state index in [0.29, 0.717) is 11.3 Å². The summed E-state index contributed by atoms with van der Waals surface area (Å²) in [5.74, 6) is -0.137. The molecule has 2 amide bonds. The van der Waals surface area contributed by atoms with E-state index >= 15 is 0 Å². The van der Waals surface area contributed by atoms with E-state index in [0.717, 1.165) is 11.1 Å². The number of alkyl carbamates (subject to hydrolysis) is 1. The number of carbonyl (C=O) groups is 2. The molecule has 0 bridgehead atoms. The lowest BCUT2D eigenvalue weighted by Crippen LogP contribution is -2.30. The van der Waals surface area contributed by atoms with Crippen molar-refractivity contribution in [3.8, 4) is 0 Å². The molecule has 142 valence electrons. The van der Waals surface area contributed by atoms with Crippen LogP contribution in [0.25, 0.3) is 0 Å². The Balaban J connectivity index is 1.45. The number of amides is 2. The van der Waals surface area contributed by atoms with E-state index in [4.69, 9.17) is 4.74 Å². The van der Waals surface area contributed by atoms with Crippen LogP contribution < -0.4 is 10.6 Å². The van der Waals surface area contributed by atoms with Crippen LogP contribution in [0.15, 0.2) is 48.5 Å². The molecule has 7 nitrogen and oxygen atoms in total.